The first-order valence-electron chi connectivity index (χ1n) is 5.97. The second-order valence-electron chi connectivity index (χ2n) is 4.66. The summed E-state index contributed by atoms with van der Waals surface area (Å²) < 4.78 is 19.4. The molecule has 1 amide bonds. The molecule has 2 fully saturated rings. The third kappa shape index (κ3) is 1.54. The van der Waals surface area contributed by atoms with E-state index in [1.54, 1.807) is 0 Å². The van der Waals surface area contributed by atoms with E-state index >= 15 is 0 Å². The van der Waals surface area contributed by atoms with Crippen LogP contribution in [0.5, 0.6) is 0 Å². The lowest BCUT2D eigenvalue weighted by Gasteiger charge is -2.22. The van der Waals surface area contributed by atoms with E-state index in [1.165, 1.54) is 4.90 Å². The van der Waals surface area contributed by atoms with E-state index in [4.69, 9.17) is 4.74 Å². The summed E-state index contributed by atoms with van der Waals surface area (Å²) in [5.41, 5.74) is 0.833. The fourth-order valence-corrected chi connectivity index (χ4v) is 2.74. The summed E-state index contributed by atoms with van der Waals surface area (Å²) in [6.45, 7) is -0.0596. The summed E-state index contributed by atoms with van der Waals surface area (Å²) in [5, 5.41) is 9.18. The first-order chi connectivity index (χ1) is 8.74. The summed E-state index contributed by atoms with van der Waals surface area (Å²) >= 11 is 0. The fraction of sp³-hybridized carbons (Fsp3) is 0.462. The van der Waals surface area contributed by atoms with Crippen LogP contribution in [0.25, 0.3) is 0 Å². The number of nitrogens with zero attached hydrogens (tertiary/aromatic N) is 1. The molecule has 1 N–H and O–H groups in total. The zero-order valence-electron chi connectivity index (χ0n) is 9.70. The molecule has 96 valence electrons. The van der Waals surface area contributed by atoms with Crippen LogP contribution in [-0.4, -0.2) is 41.3 Å². The number of alkyl halides is 1. The lowest BCUT2D eigenvalue weighted by atomic mass is 10.0. The van der Waals surface area contributed by atoms with Crippen molar-refractivity contribution in [2.75, 3.05) is 13.2 Å². The molecule has 1 aromatic rings. The zero-order valence-corrected chi connectivity index (χ0v) is 9.70. The number of hydrogen-bond acceptors (Lipinski definition) is 3. The van der Waals surface area contributed by atoms with Crippen molar-refractivity contribution in [1.82, 2.24) is 4.90 Å². The van der Waals surface area contributed by atoms with E-state index in [1.807, 2.05) is 30.3 Å². The van der Waals surface area contributed by atoms with Gasteiger partial charge in [-0.25, -0.2) is 4.39 Å². The van der Waals surface area contributed by atoms with Gasteiger partial charge in [0.2, 0.25) is 0 Å². The number of carbonyl (C=O) groups excluding carboxylic acids is 1. The van der Waals surface area contributed by atoms with Crippen molar-refractivity contribution < 1.29 is 19.0 Å². The van der Waals surface area contributed by atoms with Gasteiger partial charge < -0.3 is 14.7 Å². The van der Waals surface area contributed by atoms with Gasteiger partial charge in [0, 0.05) is 11.5 Å². The van der Waals surface area contributed by atoms with Crippen molar-refractivity contribution in [1.29, 1.82) is 0 Å². The average molecular weight is 251 g/mol. The van der Waals surface area contributed by atoms with Gasteiger partial charge >= 0.3 is 0 Å². The smallest absolute Gasteiger partial charge is 0.260 e. The molecular formula is C13H14FNO3. The highest BCUT2D eigenvalue weighted by Crippen LogP contribution is 2.41. The van der Waals surface area contributed by atoms with E-state index in [9.17, 15) is 14.3 Å². The number of halogens is 1. The molecule has 3 rings (SSSR count). The maximum atomic E-state index is 13.8. The molecule has 4 unspecified atom stereocenters. The molecule has 0 spiro atoms. The number of aliphatic hydroxyl groups excluding tert-OH is 1. The van der Waals surface area contributed by atoms with Gasteiger partial charge in [-0.15, -0.1) is 0 Å². The van der Waals surface area contributed by atoms with Crippen LogP contribution in [0.2, 0.25) is 0 Å². The molecule has 2 aliphatic rings. The van der Waals surface area contributed by atoms with Crippen molar-refractivity contribution >= 4 is 5.91 Å². The lowest BCUT2D eigenvalue weighted by Crippen LogP contribution is -2.33. The Bertz CT molecular complexity index is 453. The van der Waals surface area contributed by atoms with E-state index in [0.717, 1.165) is 5.56 Å². The maximum absolute atomic E-state index is 13.8. The van der Waals surface area contributed by atoms with Gasteiger partial charge in [0.1, 0.15) is 0 Å². The SMILES string of the molecule is O=C1C(F)C(CO)C2COC(c3ccccc3)N12. The van der Waals surface area contributed by atoms with Crippen LogP contribution in [0.3, 0.4) is 0 Å². The van der Waals surface area contributed by atoms with E-state index < -0.39 is 24.2 Å². The monoisotopic (exact) mass is 251 g/mol. The van der Waals surface area contributed by atoms with E-state index in [-0.39, 0.29) is 19.3 Å². The van der Waals surface area contributed by atoms with Crippen molar-refractivity contribution in [3.8, 4) is 0 Å². The number of benzene rings is 1. The predicted octanol–water partition coefficient (Wildman–Crippen LogP) is 0.873. The summed E-state index contributed by atoms with van der Waals surface area (Å²) in [4.78, 5) is 13.3. The van der Waals surface area contributed by atoms with Gasteiger partial charge in [0.05, 0.1) is 19.3 Å². The van der Waals surface area contributed by atoms with Gasteiger partial charge in [-0.1, -0.05) is 30.3 Å². The highest BCUT2D eigenvalue weighted by molar-refractivity contribution is 5.84. The molecule has 0 bridgehead atoms. The molecule has 0 radical (unpaired) electrons. The molecule has 18 heavy (non-hydrogen) atoms. The van der Waals surface area contributed by atoms with Crippen molar-refractivity contribution in [2.45, 2.75) is 18.4 Å². The molecule has 2 aliphatic heterocycles. The molecule has 2 saturated heterocycles. The van der Waals surface area contributed by atoms with E-state index in [2.05, 4.69) is 0 Å². The second kappa shape index (κ2) is 4.33. The normalized spacial score (nSPS) is 35.0. The fourth-order valence-electron chi connectivity index (χ4n) is 2.74. The topological polar surface area (TPSA) is 49.8 Å². The van der Waals surface area contributed by atoms with E-state index in [0.29, 0.717) is 0 Å². The molecule has 0 saturated carbocycles. The van der Waals surface area contributed by atoms with Crippen LogP contribution in [-0.2, 0) is 9.53 Å². The highest BCUT2D eigenvalue weighted by atomic mass is 19.1. The molecule has 4 atom stereocenters. The molecule has 4 nitrogen and oxygen atoms in total. The standard InChI is InChI=1S/C13H14FNO3/c14-11-9(6-16)10-7-18-13(15(10)12(11)17)8-4-2-1-3-5-8/h1-5,9-11,13,16H,6-7H2. The molecule has 0 aromatic heterocycles. The Kier molecular flexibility index (Phi) is 2.80. The Labute approximate surface area is 104 Å². The number of carbonyl (C=O) groups is 1. The van der Waals surface area contributed by atoms with Crippen molar-refractivity contribution in [2.24, 2.45) is 5.92 Å². The Morgan fingerprint density at radius 3 is 2.78 bits per heavy atom. The highest BCUT2D eigenvalue weighted by Gasteiger charge is 2.54. The minimum Gasteiger partial charge on any atom is -0.396 e. The molecular weight excluding hydrogens is 237 g/mol. The van der Waals surface area contributed by atoms with Crippen LogP contribution in [0.1, 0.15) is 11.8 Å². The average Bonchev–Trinajstić information content (AvgIpc) is 2.92. The lowest BCUT2D eigenvalue weighted by molar-refractivity contribution is -0.138. The van der Waals surface area contributed by atoms with Gasteiger partial charge in [-0.3, -0.25) is 4.79 Å². The minimum absolute atomic E-state index is 0.275. The Balaban J connectivity index is 1.91. The number of rotatable bonds is 2. The number of aliphatic hydroxyl groups is 1. The first-order valence-corrected chi connectivity index (χ1v) is 5.97. The summed E-state index contributed by atoms with van der Waals surface area (Å²) in [6, 6.07) is 8.91. The first kappa shape index (κ1) is 11.6. The number of amides is 1. The largest absolute Gasteiger partial charge is 0.396 e. The number of hydrogen-bond donors (Lipinski definition) is 1. The second-order valence-corrected chi connectivity index (χ2v) is 4.66. The van der Waals surface area contributed by atoms with Crippen LogP contribution in [0, 0.1) is 5.92 Å². The molecule has 5 heteroatoms. The zero-order chi connectivity index (χ0) is 12.7. The van der Waals surface area contributed by atoms with Crippen molar-refractivity contribution in [3.63, 3.8) is 0 Å². The third-order valence-corrected chi connectivity index (χ3v) is 3.69. The summed E-state index contributed by atoms with van der Waals surface area (Å²) in [5.74, 6) is -1.25. The Hall–Kier alpha value is -1.46. The predicted molar refractivity (Wildman–Crippen MR) is 61.2 cm³/mol. The number of fused-ring (bicyclic) bond motifs is 1. The third-order valence-electron chi connectivity index (χ3n) is 3.69. The summed E-state index contributed by atoms with van der Waals surface area (Å²) in [6.07, 6.45) is -2.14. The molecule has 0 aliphatic carbocycles. The van der Waals surface area contributed by atoms with Crippen molar-refractivity contribution in [3.05, 3.63) is 35.9 Å². The van der Waals surface area contributed by atoms with Gasteiger partial charge in [-0.2, -0.15) is 0 Å². The van der Waals surface area contributed by atoms with Crippen LogP contribution in [0.15, 0.2) is 30.3 Å². The van der Waals surface area contributed by atoms with Crippen LogP contribution in [0.4, 0.5) is 4.39 Å². The molecule has 2 heterocycles. The van der Waals surface area contributed by atoms with Gasteiger partial charge in [0.25, 0.3) is 5.91 Å². The van der Waals surface area contributed by atoms with Crippen LogP contribution < -0.4 is 0 Å². The minimum atomic E-state index is -1.62. The Morgan fingerprint density at radius 2 is 2.11 bits per heavy atom. The van der Waals surface area contributed by atoms with Gasteiger partial charge in [0.15, 0.2) is 12.4 Å². The van der Waals surface area contributed by atoms with Crippen LogP contribution >= 0.6 is 0 Å². The number of ether oxygens (including phenoxy) is 1. The Morgan fingerprint density at radius 1 is 1.39 bits per heavy atom. The quantitative estimate of drug-likeness (QED) is 0.848. The van der Waals surface area contributed by atoms with Gasteiger partial charge in [-0.05, 0) is 0 Å². The summed E-state index contributed by atoms with van der Waals surface area (Å²) in [7, 11) is 0. The molecule has 1 aromatic carbocycles. The maximum Gasteiger partial charge on any atom is 0.260 e.